The minimum Gasteiger partial charge on any atom is -0.457 e. The lowest BCUT2D eigenvalue weighted by Crippen LogP contribution is -2.22. The second-order valence-corrected chi connectivity index (χ2v) is 8.60. The van der Waals surface area contributed by atoms with Crippen LogP contribution in [0.1, 0.15) is 5.76 Å². The average Bonchev–Trinajstić information content (AvgIpc) is 3.38. The molecule has 0 unspecified atom stereocenters. The number of hydrogen-bond acceptors (Lipinski definition) is 7. The summed E-state index contributed by atoms with van der Waals surface area (Å²) in [5, 5.41) is 11.1. The van der Waals surface area contributed by atoms with Gasteiger partial charge in [-0.05, 0) is 46.3 Å². The Morgan fingerprint density at radius 1 is 1.27 bits per heavy atom. The maximum absolute atomic E-state index is 12.8. The molecule has 0 aliphatic rings. The van der Waals surface area contributed by atoms with Gasteiger partial charge >= 0.3 is 0 Å². The number of nitro groups is 1. The number of fused-ring (bicyclic) bond motifs is 3. The van der Waals surface area contributed by atoms with Crippen LogP contribution in [-0.4, -0.2) is 19.3 Å². The minimum absolute atomic E-state index is 0.0490. The highest BCUT2D eigenvalue weighted by Gasteiger charge is 2.16. The summed E-state index contributed by atoms with van der Waals surface area (Å²) in [4.78, 5) is 32.7. The standard InChI is InChI=1S/C19H8BrClN4O4S/c20-10-6-13-17(22-8-10)24-18(26)16(30-19(24)23-13)7-11-2-4-15(29-11)9-1-3-12(21)14(5-9)25(27)28/h1-8H/b16-7-. The first-order valence-electron chi connectivity index (χ1n) is 8.43. The van der Waals surface area contributed by atoms with Gasteiger partial charge in [0.25, 0.3) is 11.2 Å². The topological polar surface area (TPSA) is 104 Å². The molecular weight excluding hydrogens is 496 g/mol. The Bertz CT molecular complexity index is 1590. The fourth-order valence-electron chi connectivity index (χ4n) is 3.04. The molecule has 0 fully saturated rings. The number of furan rings is 1. The highest BCUT2D eigenvalue weighted by Crippen LogP contribution is 2.31. The van der Waals surface area contributed by atoms with Gasteiger partial charge in [-0.15, -0.1) is 0 Å². The third kappa shape index (κ3) is 3.09. The second kappa shape index (κ2) is 7.01. The summed E-state index contributed by atoms with van der Waals surface area (Å²) in [6, 6.07) is 9.59. The van der Waals surface area contributed by atoms with Crippen molar-refractivity contribution in [2.45, 2.75) is 0 Å². The van der Waals surface area contributed by atoms with Gasteiger partial charge in [0.1, 0.15) is 26.6 Å². The van der Waals surface area contributed by atoms with Crippen LogP contribution in [0.4, 0.5) is 5.69 Å². The van der Waals surface area contributed by atoms with Crippen molar-refractivity contribution in [3.05, 3.63) is 82.9 Å². The molecule has 8 nitrogen and oxygen atoms in total. The zero-order valence-corrected chi connectivity index (χ0v) is 17.9. The van der Waals surface area contributed by atoms with Crippen molar-refractivity contribution in [2.24, 2.45) is 0 Å². The Labute approximate surface area is 184 Å². The number of rotatable bonds is 3. The normalized spacial score (nSPS) is 12.3. The van der Waals surface area contributed by atoms with Crippen molar-refractivity contribution >= 4 is 66.8 Å². The first-order chi connectivity index (χ1) is 14.4. The lowest BCUT2D eigenvalue weighted by molar-refractivity contribution is -0.384. The van der Waals surface area contributed by atoms with Crippen LogP contribution in [0.2, 0.25) is 5.02 Å². The predicted molar refractivity (Wildman–Crippen MR) is 117 cm³/mol. The number of hydrogen-bond donors (Lipinski definition) is 0. The van der Waals surface area contributed by atoms with E-state index in [0.717, 1.165) is 4.47 Å². The Kier molecular flexibility index (Phi) is 4.42. The summed E-state index contributed by atoms with van der Waals surface area (Å²) in [7, 11) is 0. The summed E-state index contributed by atoms with van der Waals surface area (Å²) < 4.78 is 8.46. The number of aromatic nitrogens is 3. The maximum Gasteiger partial charge on any atom is 0.288 e. The van der Waals surface area contributed by atoms with Gasteiger partial charge in [-0.1, -0.05) is 22.9 Å². The third-order valence-electron chi connectivity index (χ3n) is 4.38. The number of thiazole rings is 1. The van der Waals surface area contributed by atoms with Crippen molar-refractivity contribution in [1.29, 1.82) is 0 Å². The second-order valence-electron chi connectivity index (χ2n) is 6.27. The average molecular weight is 504 g/mol. The van der Waals surface area contributed by atoms with E-state index in [-0.39, 0.29) is 16.3 Å². The van der Waals surface area contributed by atoms with Crippen molar-refractivity contribution in [1.82, 2.24) is 14.4 Å². The number of benzene rings is 1. The Morgan fingerprint density at radius 3 is 2.90 bits per heavy atom. The van der Waals surface area contributed by atoms with Gasteiger partial charge in [-0.3, -0.25) is 14.9 Å². The molecule has 5 aromatic rings. The van der Waals surface area contributed by atoms with Gasteiger partial charge in [0.2, 0.25) is 0 Å². The molecule has 0 atom stereocenters. The number of nitro benzene ring substituents is 1. The van der Waals surface area contributed by atoms with Crippen LogP contribution in [-0.2, 0) is 0 Å². The van der Waals surface area contributed by atoms with E-state index < -0.39 is 4.92 Å². The smallest absolute Gasteiger partial charge is 0.288 e. The summed E-state index contributed by atoms with van der Waals surface area (Å²) in [5.74, 6) is 0.857. The summed E-state index contributed by atoms with van der Waals surface area (Å²) in [5.41, 5.74) is 1.18. The van der Waals surface area contributed by atoms with Crippen LogP contribution in [0.25, 0.3) is 33.5 Å². The van der Waals surface area contributed by atoms with Crippen molar-refractivity contribution < 1.29 is 9.34 Å². The van der Waals surface area contributed by atoms with Crippen LogP contribution >= 0.6 is 38.9 Å². The Hall–Kier alpha value is -3.08. The molecule has 0 spiro atoms. The molecule has 4 heterocycles. The molecule has 0 saturated heterocycles. The Balaban J connectivity index is 1.58. The molecule has 1 aromatic carbocycles. The van der Waals surface area contributed by atoms with Gasteiger partial charge in [-0.25, -0.2) is 14.4 Å². The lowest BCUT2D eigenvalue weighted by Gasteiger charge is -1.99. The highest BCUT2D eigenvalue weighted by atomic mass is 79.9. The number of pyridine rings is 1. The van der Waals surface area contributed by atoms with Crippen molar-refractivity contribution in [2.75, 3.05) is 0 Å². The zero-order valence-electron chi connectivity index (χ0n) is 14.7. The molecule has 5 rings (SSSR count). The van der Waals surface area contributed by atoms with Crippen LogP contribution < -0.4 is 10.1 Å². The molecule has 4 aromatic heterocycles. The fraction of sp³-hybridized carbons (Fsp3) is 0. The van der Waals surface area contributed by atoms with Gasteiger partial charge in [-0.2, -0.15) is 0 Å². The molecule has 0 radical (unpaired) electrons. The number of imidazole rings is 1. The number of halogens is 2. The van der Waals surface area contributed by atoms with E-state index in [9.17, 15) is 14.9 Å². The van der Waals surface area contributed by atoms with Crippen LogP contribution in [0.15, 0.2) is 56.3 Å². The molecule has 0 N–H and O–H groups in total. The summed E-state index contributed by atoms with van der Waals surface area (Å²) in [6.07, 6.45) is 3.22. The third-order valence-corrected chi connectivity index (χ3v) is 6.10. The van der Waals surface area contributed by atoms with Crippen molar-refractivity contribution in [3.63, 3.8) is 0 Å². The molecule has 0 aliphatic carbocycles. The molecular formula is C19H8BrClN4O4S. The molecule has 11 heteroatoms. The molecule has 0 aliphatic heterocycles. The first-order valence-corrected chi connectivity index (χ1v) is 10.4. The predicted octanol–water partition coefficient (Wildman–Crippen LogP) is 4.44. The largest absolute Gasteiger partial charge is 0.457 e. The molecule has 0 amide bonds. The van der Waals surface area contributed by atoms with Crippen LogP contribution in [0, 0.1) is 10.1 Å². The van der Waals surface area contributed by atoms with E-state index in [1.807, 2.05) is 0 Å². The SMILES string of the molecule is O=c1/c(=C/c2ccc(-c3ccc(Cl)c([N+](=O)[O-])c3)o2)sc2nc3cc(Br)cnc3n12. The van der Waals surface area contributed by atoms with E-state index >= 15 is 0 Å². The first kappa shape index (κ1) is 18.9. The molecule has 0 bridgehead atoms. The van der Waals surface area contributed by atoms with Gasteiger partial charge in [0, 0.05) is 28.4 Å². The van der Waals surface area contributed by atoms with E-state index in [4.69, 9.17) is 16.0 Å². The van der Waals surface area contributed by atoms with E-state index in [2.05, 4.69) is 25.9 Å². The monoisotopic (exact) mass is 502 g/mol. The number of nitrogens with zero attached hydrogens (tertiary/aromatic N) is 4. The van der Waals surface area contributed by atoms with Gasteiger partial charge in [0.05, 0.1) is 4.92 Å². The summed E-state index contributed by atoms with van der Waals surface area (Å²) >= 11 is 10.4. The quantitative estimate of drug-likeness (QED) is 0.266. The zero-order chi connectivity index (χ0) is 21.0. The van der Waals surface area contributed by atoms with Crippen molar-refractivity contribution in [3.8, 4) is 11.3 Å². The van der Waals surface area contributed by atoms with Gasteiger partial charge in [0.15, 0.2) is 10.6 Å². The van der Waals surface area contributed by atoms with E-state index in [0.29, 0.717) is 37.7 Å². The molecule has 30 heavy (non-hydrogen) atoms. The van der Waals surface area contributed by atoms with E-state index in [1.165, 1.54) is 27.9 Å². The van der Waals surface area contributed by atoms with E-state index in [1.54, 1.807) is 36.5 Å². The van der Waals surface area contributed by atoms with Crippen LogP contribution in [0.3, 0.4) is 0 Å². The van der Waals surface area contributed by atoms with Crippen LogP contribution in [0.5, 0.6) is 0 Å². The molecule has 0 saturated carbocycles. The lowest BCUT2D eigenvalue weighted by atomic mass is 10.1. The fourth-order valence-corrected chi connectivity index (χ4v) is 4.50. The Morgan fingerprint density at radius 2 is 2.10 bits per heavy atom. The molecule has 148 valence electrons. The minimum atomic E-state index is -0.552. The maximum atomic E-state index is 12.8. The summed E-state index contributed by atoms with van der Waals surface area (Å²) in [6.45, 7) is 0. The van der Waals surface area contributed by atoms with Gasteiger partial charge < -0.3 is 4.42 Å². The highest BCUT2D eigenvalue weighted by molar-refractivity contribution is 9.10.